The van der Waals surface area contributed by atoms with Gasteiger partial charge in [-0.05, 0) is 35.4 Å². The topological polar surface area (TPSA) is 107 Å². The number of nitrogens with zero attached hydrogens (tertiary/aromatic N) is 2. The van der Waals surface area contributed by atoms with Crippen LogP contribution in [0.25, 0.3) is 0 Å². The molecule has 0 aliphatic heterocycles. The van der Waals surface area contributed by atoms with Crippen molar-refractivity contribution in [2.45, 2.75) is 0 Å². The Bertz CT molecular complexity index is 934. The van der Waals surface area contributed by atoms with Crippen LogP contribution in [-0.2, 0) is 0 Å². The second-order valence-corrected chi connectivity index (χ2v) is 6.05. The number of benzene rings is 3. The predicted molar refractivity (Wildman–Crippen MR) is 119 cm³/mol. The molecule has 0 aromatic heterocycles. The molecular weight excluding hydrogens is 380 g/mol. The van der Waals surface area contributed by atoms with Gasteiger partial charge in [-0.2, -0.15) is 10.2 Å². The summed E-state index contributed by atoms with van der Waals surface area (Å²) in [5.41, 5.74) is 7.75. The molecule has 0 bridgehead atoms. The highest BCUT2D eigenvalue weighted by atomic mass is 16.2. The molecular formula is C22H20N6O2. The van der Waals surface area contributed by atoms with Gasteiger partial charge in [0.1, 0.15) is 0 Å². The highest BCUT2D eigenvalue weighted by Gasteiger charge is 1.99. The predicted octanol–water partition coefficient (Wildman–Crippen LogP) is 4.00. The molecule has 0 aliphatic carbocycles. The third-order valence-electron chi connectivity index (χ3n) is 3.76. The van der Waals surface area contributed by atoms with E-state index in [1.165, 1.54) is 12.4 Å². The first-order chi connectivity index (χ1) is 14.7. The van der Waals surface area contributed by atoms with Crippen LogP contribution in [0, 0.1) is 0 Å². The number of nitrogens with one attached hydrogen (secondary N) is 4. The van der Waals surface area contributed by atoms with E-state index in [0.29, 0.717) is 11.4 Å². The van der Waals surface area contributed by atoms with E-state index in [-0.39, 0.29) is 0 Å². The second kappa shape index (κ2) is 10.8. The van der Waals surface area contributed by atoms with Gasteiger partial charge in [0.15, 0.2) is 0 Å². The Kier molecular flexibility index (Phi) is 7.28. The number of carbonyl (C=O) groups is 2. The van der Waals surface area contributed by atoms with Gasteiger partial charge in [0.05, 0.1) is 12.4 Å². The number of hydrazone groups is 2. The Labute approximate surface area is 173 Å². The fourth-order valence-electron chi connectivity index (χ4n) is 2.36. The summed E-state index contributed by atoms with van der Waals surface area (Å²) in [6, 6.07) is 24.6. The lowest BCUT2D eigenvalue weighted by atomic mass is 10.2. The van der Waals surface area contributed by atoms with Crippen LogP contribution in [-0.4, -0.2) is 24.5 Å². The van der Waals surface area contributed by atoms with Crippen molar-refractivity contribution < 1.29 is 9.59 Å². The molecule has 150 valence electrons. The van der Waals surface area contributed by atoms with Crippen molar-refractivity contribution in [3.8, 4) is 0 Å². The molecule has 30 heavy (non-hydrogen) atoms. The molecule has 0 spiro atoms. The van der Waals surface area contributed by atoms with Crippen molar-refractivity contribution in [3.63, 3.8) is 0 Å². The van der Waals surface area contributed by atoms with Crippen LogP contribution in [0.15, 0.2) is 95.1 Å². The summed E-state index contributed by atoms with van der Waals surface area (Å²) in [4.78, 5) is 23.5. The largest absolute Gasteiger partial charge is 0.339 e. The average molecular weight is 400 g/mol. The van der Waals surface area contributed by atoms with Crippen LogP contribution in [0.2, 0.25) is 0 Å². The first-order valence-electron chi connectivity index (χ1n) is 9.09. The lowest BCUT2D eigenvalue weighted by Crippen LogP contribution is -2.24. The first-order valence-corrected chi connectivity index (χ1v) is 9.09. The molecule has 4 N–H and O–H groups in total. The quantitative estimate of drug-likeness (QED) is 0.371. The number of urea groups is 2. The fraction of sp³-hybridized carbons (Fsp3) is 0. The first kappa shape index (κ1) is 20.3. The van der Waals surface area contributed by atoms with Crippen molar-refractivity contribution in [3.05, 3.63) is 96.1 Å². The maximum absolute atomic E-state index is 11.8. The van der Waals surface area contributed by atoms with Crippen LogP contribution in [0.4, 0.5) is 21.0 Å². The van der Waals surface area contributed by atoms with Gasteiger partial charge in [0.2, 0.25) is 0 Å². The summed E-state index contributed by atoms with van der Waals surface area (Å²) in [6.45, 7) is 0. The highest BCUT2D eigenvalue weighted by molar-refractivity contribution is 5.91. The van der Waals surface area contributed by atoms with Gasteiger partial charge < -0.3 is 10.6 Å². The van der Waals surface area contributed by atoms with E-state index in [9.17, 15) is 9.59 Å². The van der Waals surface area contributed by atoms with Gasteiger partial charge in [0.25, 0.3) is 0 Å². The molecule has 0 atom stereocenters. The van der Waals surface area contributed by atoms with Crippen molar-refractivity contribution in [2.75, 3.05) is 10.6 Å². The van der Waals surface area contributed by atoms with E-state index in [0.717, 1.165) is 11.1 Å². The van der Waals surface area contributed by atoms with E-state index in [2.05, 4.69) is 31.7 Å². The second-order valence-electron chi connectivity index (χ2n) is 6.05. The van der Waals surface area contributed by atoms with Crippen LogP contribution in [0.1, 0.15) is 11.1 Å². The van der Waals surface area contributed by atoms with E-state index in [1.807, 2.05) is 60.7 Å². The van der Waals surface area contributed by atoms with Crippen molar-refractivity contribution in [2.24, 2.45) is 10.2 Å². The molecule has 0 unspecified atom stereocenters. The Morgan fingerprint density at radius 1 is 0.567 bits per heavy atom. The molecule has 0 heterocycles. The minimum atomic E-state index is -0.430. The van der Waals surface area contributed by atoms with Crippen LogP contribution >= 0.6 is 0 Å². The highest BCUT2D eigenvalue weighted by Crippen LogP contribution is 2.05. The summed E-state index contributed by atoms with van der Waals surface area (Å²) in [5.74, 6) is 0. The van der Waals surface area contributed by atoms with E-state index < -0.39 is 12.1 Å². The maximum Gasteiger partial charge on any atom is 0.339 e. The Morgan fingerprint density at radius 3 is 1.30 bits per heavy atom. The molecule has 3 aromatic rings. The number of para-hydroxylation sites is 2. The molecule has 0 fully saturated rings. The molecule has 0 saturated carbocycles. The van der Waals surface area contributed by atoms with Gasteiger partial charge in [-0.3, -0.25) is 0 Å². The zero-order chi connectivity index (χ0) is 21.0. The molecule has 0 radical (unpaired) electrons. The van der Waals surface area contributed by atoms with E-state index >= 15 is 0 Å². The minimum Gasteiger partial charge on any atom is -0.307 e. The maximum atomic E-state index is 11.8. The number of carbonyl (C=O) groups excluding carboxylic acids is 2. The summed E-state index contributed by atoms with van der Waals surface area (Å²) < 4.78 is 0. The summed E-state index contributed by atoms with van der Waals surface area (Å²) in [6.07, 6.45) is 3.05. The van der Waals surface area contributed by atoms with Crippen LogP contribution in [0.5, 0.6) is 0 Å². The summed E-state index contributed by atoms with van der Waals surface area (Å²) >= 11 is 0. The number of hydrogen-bond acceptors (Lipinski definition) is 4. The number of amides is 4. The van der Waals surface area contributed by atoms with Crippen LogP contribution in [0.3, 0.4) is 0 Å². The molecule has 8 nitrogen and oxygen atoms in total. The Morgan fingerprint density at radius 2 is 0.933 bits per heavy atom. The van der Waals surface area contributed by atoms with Crippen molar-refractivity contribution >= 4 is 35.9 Å². The SMILES string of the molecule is O=C(N/N=C/c1ccc(/C=N/NC(=O)Nc2ccccc2)cc1)Nc1ccccc1. The Hall–Kier alpha value is -4.46. The van der Waals surface area contributed by atoms with Crippen molar-refractivity contribution in [1.82, 2.24) is 10.9 Å². The lowest BCUT2D eigenvalue weighted by molar-refractivity contribution is 0.251. The van der Waals surface area contributed by atoms with Gasteiger partial charge in [-0.15, -0.1) is 0 Å². The van der Waals surface area contributed by atoms with E-state index in [1.54, 1.807) is 24.3 Å². The van der Waals surface area contributed by atoms with Crippen LogP contribution < -0.4 is 21.5 Å². The normalized spacial score (nSPS) is 10.7. The fourth-order valence-corrected chi connectivity index (χ4v) is 2.36. The average Bonchev–Trinajstić information content (AvgIpc) is 2.76. The molecule has 3 rings (SSSR count). The molecule has 0 saturated heterocycles. The van der Waals surface area contributed by atoms with Gasteiger partial charge in [-0.25, -0.2) is 20.4 Å². The zero-order valence-corrected chi connectivity index (χ0v) is 15.9. The van der Waals surface area contributed by atoms with Gasteiger partial charge in [0, 0.05) is 11.4 Å². The van der Waals surface area contributed by atoms with Crippen molar-refractivity contribution in [1.29, 1.82) is 0 Å². The Balaban J connectivity index is 1.42. The minimum absolute atomic E-state index is 0.430. The number of hydrogen-bond donors (Lipinski definition) is 4. The van der Waals surface area contributed by atoms with Gasteiger partial charge in [-0.1, -0.05) is 60.7 Å². The standard InChI is InChI=1S/C22H20N6O2/c29-21(25-19-7-3-1-4-8-19)27-23-15-17-11-13-18(14-12-17)16-24-28-22(30)26-20-9-5-2-6-10-20/h1-16H,(H2,25,27,29)(H2,26,28,30)/b23-15+,24-16+. The zero-order valence-electron chi connectivity index (χ0n) is 15.9. The molecule has 0 aliphatic rings. The molecule has 3 aromatic carbocycles. The van der Waals surface area contributed by atoms with E-state index in [4.69, 9.17) is 0 Å². The van der Waals surface area contributed by atoms with Gasteiger partial charge >= 0.3 is 12.1 Å². The lowest BCUT2D eigenvalue weighted by Gasteiger charge is -2.03. The summed E-state index contributed by atoms with van der Waals surface area (Å²) in [7, 11) is 0. The third-order valence-corrected chi connectivity index (χ3v) is 3.76. The number of rotatable bonds is 6. The third kappa shape index (κ3) is 6.93. The molecule has 8 heteroatoms. The summed E-state index contributed by atoms with van der Waals surface area (Å²) in [5, 5.41) is 13.1. The molecule has 4 amide bonds. The number of anilines is 2. The monoisotopic (exact) mass is 400 g/mol. The smallest absolute Gasteiger partial charge is 0.307 e.